The van der Waals surface area contributed by atoms with Crippen molar-refractivity contribution < 1.29 is 17.9 Å². The average molecular weight is 465 g/mol. The molecular formula is C19H18F2N6O2S2. The number of hydrogen-bond acceptors (Lipinski definition) is 9. The molecule has 0 fully saturated rings. The molecule has 4 aromatic rings. The smallest absolute Gasteiger partial charge is 0.387 e. The number of aromatic nitrogens is 5. The number of thiophene rings is 1. The molecule has 12 heteroatoms. The molecule has 31 heavy (non-hydrogen) atoms. The monoisotopic (exact) mass is 464 g/mol. The first-order valence-electron chi connectivity index (χ1n) is 9.25. The fourth-order valence-corrected chi connectivity index (χ4v) is 4.60. The summed E-state index contributed by atoms with van der Waals surface area (Å²) in [7, 11) is 0. The molecule has 3 aromatic heterocycles. The van der Waals surface area contributed by atoms with Crippen molar-refractivity contribution in [2.75, 3.05) is 5.84 Å². The normalized spacial score (nSPS) is 11.4. The van der Waals surface area contributed by atoms with E-state index in [1.165, 1.54) is 39.0 Å². The lowest BCUT2D eigenvalue weighted by atomic mass is 10.2. The van der Waals surface area contributed by atoms with Gasteiger partial charge in [-0.2, -0.15) is 8.78 Å². The topological polar surface area (TPSA) is 105 Å². The molecule has 3 heterocycles. The Morgan fingerprint density at radius 1 is 1.19 bits per heavy atom. The van der Waals surface area contributed by atoms with Crippen molar-refractivity contribution in [3.63, 3.8) is 0 Å². The van der Waals surface area contributed by atoms with Crippen LogP contribution in [0.25, 0.3) is 22.2 Å². The third-order valence-electron chi connectivity index (χ3n) is 4.35. The van der Waals surface area contributed by atoms with Crippen molar-refractivity contribution in [2.24, 2.45) is 0 Å². The van der Waals surface area contributed by atoms with Crippen LogP contribution in [-0.2, 0) is 12.2 Å². The Bertz CT molecular complexity index is 1170. The standard InChI is InChI=1S/C19H18F2N6O2S2/c1-3-13-10(2)8-14(31-13)17-25-23-15(29-17)9-30-19-26-24-16(27(19)22)11-4-6-12(7-5-11)28-18(20)21/h4-8,18H,3,9,22H2,1-2H3. The second-order valence-corrected chi connectivity index (χ2v) is 8.52. The van der Waals surface area contributed by atoms with Crippen LogP contribution in [0.5, 0.6) is 5.75 Å². The van der Waals surface area contributed by atoms with E-state index in [0.717, 1.165) is 11.3 Å². The number of nitrogens with zero attached hydrogens (tertiary/aromatic N) is 5. The molecule has 2 N–H and O–H groups in total. The van der Waals surface area contributed by atoms with Crippen LogP contribution in [0.3, 0.4) is 0 Å². The number of ether oxygens (including phenoxy) is 1. The highest BCUT2D eigenvalue weighted by Gasteiger charge is 2.16. The van der Waals surface area contributed by atoms with Crippen LogP contribution < -0.4 is 10.6 Å². The molecule has 1 aromatic carbocycles. The predicted octanol–water partition coefficient (Wildman–Crippen LogP) is 4.53. The van der Waals surface area contributed by atoms with Gasteiger partial charge in [-0.15, -0.1) is 31.7 Å². The van der Waals surface area contributed by atoms with Crippen molar-refractivity contribution in [3.05, 3.63) is 46.7 Å². The number of hydrogen-bond donors (Lipinski definition) is 1. The number of halogens is 2. The van der Waals surface area contributed by atoms with Crippen molar-refractivity contribution in [1.82, 2.24) is 25.1 Å². The van der Waals surface area contributed by atoms with Crippen molar-refractivity contribution in [2.45, 2.75) is 37.8 Å². The summed E-state index contributed by atoms with van der Waals surface area (Å²) in [6, 6.07) is 8.04. The second kappa shape index (κ2) is 9.02. The number of alkyl halides is 2. The molecule has 0 saturated carbocycles. The Labute approximate surface area is 184 Å². The third kappa shape index (κ3) is 4.69. The Balaban J connectivity index is 1.43. The van der Waals surface area contributed by atoms with Gasteiger partial charge in [-0.3, -0.25) is 0 Å². The van der Waals surface area contributed by atoms with Gasteiger partial charge in [-0.25, -0.2) is 4.68 Å². The molecule has 0 aliphatic carbocycles. The van der Waals surface area contributed by atoms with E-state index in [1.807, 2.05) is 6.07 Å². The lowest BCUT2D eigenvalue weighted by Gasteiger charge is -2.06. The molecular weight excluding hydrogens is 446 g/mol. The molecule has 0 aliphatic rings. The van der Waals surface area contributed by atoms with E-state index in [0.29, 0.717) is 34.1 Å². The molecule has 0 unspecified atom stereocenters. The quantitative estimate of drug-likeness (QED) is 0.299. The summed E-state index contributed by atoms with van der Waals surface area (Å²) >= 11 is 2.94. The van der Waals surface area contributed by atoms with Gasteiger partial charge in [0, 0.05) is 10.4 Å². The highest BCUT2D eigenvalue weighted by molar-refractivity contribution is 7.98. The van der Waals surface area contributed by atoms with E-state index < -0.39 is 6.61 Å². The summed E-state index contributed by atoms with van der Waals surface area (Å²) in [4.78, 5) is 2.24. The molecule has 4 rings (SSSR count). The lowest BCUT2D eigenvalue weighted by molar-refractivity contribution is -0.0498. The van der Waals surface area contributed by atoms with Crippen LogP contribution in [0.1, 0.15) is 23.3 Å². The first kappa shape index (κ1) is 21.2. The molecule has 0 spiro atoms. The van der Waals surface area contributed by atoms with Gasteiger partial charge in [0.25, 0.3) is 5.89 Å². The Kier molecular flexibility index (Phi) is 6.18. The fourth-order valence-electron chi connectivity index (χ4n) is 2.87. The predicted molar refractivity (Wildman–Crippen MR) is 114 cm³/mol. The maximum absolute atomic E-state index is 12.3. The third-order valence-corrected chi connectivity index (χ3v) is 6.64. The first-order valence-corrected chi connectivity index (χ1v) is 11.1. The number of thioether (sulfide) groups is 1. The van der Waals surface area contributed by atoms with Crippen molar-refractivity contribution >= 4 is 23.1 Å². The SMILES string of the molecule is CCc1sc(-c2nnc(CSc3nnc(-c4ccc(OC(F)F)cc4)n3N)o2)cc1C. The summed E-state index contributed by atoms with van der Waals surface area (Å²) in [5.74, 6) is 7.85. The highest BCUT2D eigenvalue weighted by Crippen LogP contribution is 2.32. The zero-order valence-corrected chi connectivity index (χ0v) is 18.2. The average Bonchev–Trinajstić information content (AvgIpc) is 3.45. The summed E-state index contributed by atoms with van der Waals surface area (Å²) in [5.41, 5.74) is 1.83. The summed E-state index contributed by atoms with van der Waals surface area (Å²) < 4.78 is 36.0. The molecule has 0 bridgehead atoms. The highest BCUT2D eigenvalue weighted by atomic mass is 32.2. The van der Waals surface area contributed by atoms with Gasteiger partial charge < -0.3 is 15.0 Å². The van der Waals surface area contributed by atoms with E-state index in [9.17, 15) is 8.78 Å². The van der Waals surface area contributed by atoms with E-state index in [-0.39, 0.29) is 5.75 Å². The lowest BCUT2D eigenvalue weighted by Crippen LogP contribution is -2.11. The molecule has 0 radical (unpaired) electrons. The van der Waals surface area contributed by atoms with Crippen molar-refractivity contribution in [3.8, 4) is 27.9 Å². The van der Waals surface area contributed by atoms with E-state index >= 15 is 0 Å². The van der Waals surface area contributed by atoms with Crippen LogP contribution in [0, 0.1) is 6.92 Å². The Morgan fingerprint density at radius 3 is 2.65 bits per heavy atom. The fraction of sp³-hybridized carbons (Fsp3) is 0.263. The first-order chi connectivity index (χ1) is 14.9. The minimum Gasteiger partial charge on any atom is -0.435 e. The van der Waals surface area contributed by atoms with Gasteiger partial charge in [0.15, 0.2) is 5.82 Å². The molecule has 0 aliphatic heterocycles. The minimum absolute atomic E-state index is 0.0515. The second-order valence-electron chi connectivity index (χ2n) is 6.44. The maximum Gasteiger partial charge on any atom is 0.387 e. The van der Waals surface area contributed by atoms with Crippen LogP contribution in [0.4, 0.5) is 8.78 Å². The number of aryl methyl sites for hydroxylation is 2. The van der Waals surface area contributed by atoms with E-state index in [2.05, 4.69) is 39.0 Å². The summed E-state index contributed by atoms with van der Waals surface area (Å²) in [5, 5.41) is 16.8. The van der Waals surface area contributed by atoms with Gasteiger partial charge in [0.05, 0.1) is 10.6 Å². The summed E-state index contributed by atoms with van der Waals surface area (Å²) in [6.45, 7) is 1.30. The number of nitrogen functional groups attached to an aromatic ring is 1. The van der Waals surface area contributed by atoms with E-state index in [4.69, 9.17) is 10.3 Å². The van der Waals surface area contributed by atoms with Crippen LogP contribution in [0.2, 0.25) is 0 Å². The van der Waals surface area contributed by atoms with Crippen molar-refractivity contribution in [1.29, 1.82) is 0 Å². The molecule has 162 valence electrons. The largest absolute Gasteiger partial charge is 0.435 e. The number of nitrogens with two attached hydrogens (primary N) is 1. The van der Waals surface area contributed by atoms with Crippen LogP contribution >= 0.6 is 23.1 Å². The van der Waals surface area contributed by atoms with Gasteiger partial charge in [0.1, 0.15) is 5.75 Å². The summed E-state index contributed by atoms with van der Waals surface area (Å²) in [6.07, 6.45) is 0.962. The minimum atomic E-state index is -2.88. The van der Waals surface area contributed by atoms with E-state index in [1.54, 1.807) is 23.5 Å². The Morgan fingerprint density at radius 2 is 1.97 bits per heavy atom. The zero-order valence-electron chi connectivity index (χ0n) is 16.6. The maximum atomic E-state index is 12.3. The van der Waals surface area contributed by atoms with Gasteiger partial charge >= 0.3 is 6.61 Å². The molecule has 0 saturated heterocycles. The zero-order chi connectivity index (χ0) is 22.0. The van der Waals surface area contributed by atoms with Gasteiger partial charge in [-0.05, 0) is 49.2 Å². The van der Waals surface area contributed by atoms with Gasteiger partial charge in [0.2, 0.25) is 11.0 Å². The van der Waals surface area contributed by atoms with Crippen LogP contribution in [0.15, 0.2) is 39.9 Å². The molecule has 0 amide bonds. The van der Waals surface area contributed by atoms with Crippen LogP contribution in [-0.4, -0.2) is 31.7 Å². The Hall–Kier alpha value is -2.99. The number of rotatable bonds is 8. The molecule has 0 atom stereocenters. The molecule has 8 nitrogen and oxygen atoms in total. The van der Waals surface area contributed by atoms with Gasteiger partial charge in [-0.1, -0.05) is 18.7 Å². The number of benzene rings is 1.